The summed E-state index contributed by atoms with van der Waals surface area (Å²) in [6.45, 7) is 0. The molecule has 7 heteroatoms. The second-order valence-electron chi connectivity index (χ2n) is 5.77. The predicted molar refractivity (Wildman–Crippen MR) is 85.0 cm³/mol. The molecule has 122 valence electrons. The van der Waals surface area contributed by atoms with Gasteiger partial charge in [-0.25, -0.2) is 18.2 Å². The van der Waals surface area contributed by atoms with Crippen molar-refractivity contribution >= 4 is 38.2 Å². The highest BCUT2D eigenvalue weighted by Crippen LogP contribution is 2.33. The van der Waals surface area contributed by atoms with Crippen molar-refractivity contribution in [1.82, 2.24) is 9.38 Å². The number of halogens is 4. The zero-order valence-electron chi connectivity index (χ0n) is 12.3. The molecule has 25 heavy (non-hydrogen) atoms. The van der Waals surface area contributed by atoms with Crippen molar-refractivity contribution in [2.24, 2.45) is 0 Å². The number of hydrogen-bond donors (Lipinski definition) is 0. The summed E-state index contributed by atoms with van der Waals surface area (Å²) in [5.41, 5.74) is -1.34. The molecule has 0 amide bonds. The lowest BCUT2D eigenvalue weighted by atomic mass is 10.1. The highest BCUT2D eigenvalue weighted by Gasteiger charge is 2.25. The highest BCUT2D eigenvalue weighted by molar-refractivity contribution is 6.11. The van der Waals surface area contributed by atoms with Crippen molar-refractivity contribution < 1.29 is 17.6 Å². The average Bonchev–Trinajstić information content (AvgIpc) is 2.97. The van der Waals surface area contributed by atoms with Crippen LogP contribution in [-0.4, -0.2) is 9.38 Å². The monoisotopic (exact) mass is 342 g/mol. The maximum Gasteiger partial charge on any atom is 0.241 e. The minimum atomic E-state index is -1.75. The third kappa shape index (κ3) is 1.60. The maximum absolute atomic E-state index is 14.2. The first-order chi connectivity index (χ1) is 12.0. The van der Waals surface area contributed by atoms with E-state index >= 15 is 0 Å². The summed E-state index contributed by atoms with van der Waals surface area (Å²) in [6.07, 6.45) is 1.53. The number of benzene rings is 3. The topological polar surface area (TPSA) is 34.4 Å². The van der Waals surface area contributed by atoms with Crippen LogP contribution in [0, 0.1) is 23.3 Å². The number of rotatable bonds is 0. The van der Waals surface area contributed by atoms with Gasteiger partial charge >= 0.3 is 0 Å². The van der Waals surface area contributed by atoms with Crippen LogP contribution in [0.25, 0.3) is 38.2 Å². The molecule has 0 unspecified atom stereocenters. The fourth-order valence-electron chi connectivity index (χ4n) is 3.35. The molecule has 0 aliphatic carbocycles. The summed E-state index contributed by atoms with van der Waals surface area (Å²) in [4.78, 5) is 16.6. The van der Waals surface area contributed by atoms with Crippen LogP contribution < -0.4 is 5.43 Å². The van der Waals surface area contributed by atoms with Crippen molar-refractivity contribution in [2.45, 2.75) is 0 Å². The van der Waals surface area contributed by atoms with Gasteiger partial charge < -0.3 is 0 Å². The molecular formula is C18H6F4N2O. The van der Waals surface area contributed by atoms with Gasteiger partial charge in [-0.05, 0) is 0 Å². The minimum absolute atomic E-state index is 0.115. The highest BCUT2D eigenvalue weighted by atomic mass is 19.2. The molecule has 2 aromatic heterocycles. The molecular weight excluding hydrogens is 336 g/mol. The molecule has 3 aromatic carbocycles. The molecule has 3 nitrogen and oxygen atoms in total. The van der Waals surface area contributed by atoms with Crippen molar-refractivity contribution in [3.63, 3.8) is 0 Å². The molecule has 0 saturated carbocycles. The number of fused-ring (bicyclic) bond motifs is 4. The summed E-state index contributed by atoms with van der Waals surface area (Å²) in [7, 11) is 0. The van der Waals surface area contributed by atoms with E-state index in [1.807, 2.05) is 0 Å². The Bertz CT molecular complexity index is 1410. The van der Waals surface area contributed by atoms with Crippen LogP contribution in [0.15, 0.2) is 41.3 Å². The molecule has 0 aliphatic heterocycles. The fourth-order valence-corrected chi connectivity index (χ4v) is 3.35. The molecule has 0 spiro atoms. The Morgan fingerprint density at radius 1 is 0.920 bits per heavy atom. The number of hydrogen-bond acceptors (Lipinski definition) is 2. The van der Waals surface area contributed by atoms with Gasteiger partial charge in [0.25, 0.3) is 0 Å². The van der Waals surface area contributed by atoms with E-state index in [-0.39, 0.29) is 22.1 Å². The molecule has 0 bridgehead atoms. The summed E-state index contributed by atoms with van der Waals surface area (Å²) in [5.74, 6) is -6.37. The van der Waals surface area contributed by atoms with E-state index in [0.717, 1.165) is 6.07 Å². The maximum atomic E-state index is 14.2. The minimum Gasteiger partial charge on any atom is -0.296 e. The molecule has 5 aromatic rings. The van der Waals surface area contributed by atoms with Crippen molar-refractivity contribution in [2.75, 3.05) is 0 Å². The Hall–Kier alpha value is -3.22. The fraction of sp³-hybridized carbons (Fsp3) is 0. The van der Waals surface area contributed by atoms with Crippen molar-refractivity contribution in [3.8, 4) is 0 Å². The molecule has 2 heterocycles. The van der Waals surface area contributed by atoms with Gasteiger partial charge in [0.05, 0.1) is 10.9 Å². The molecule has 5 rings (SSSR count). The largest absolute Gasteiger partial charge is 0.296 e. The number of aromatic nitrogens is 2. The lowest BCUT2D eigenvalue weighted by Crippen LogP contribution is -2.15. The van der Waals surface area contributed by atoms with Crippen LogP contribution in [0.1, 0.15) is 0 Å². The average molecular weight is 342 g/mol. The van der Waals surface area contributed by atoms with Crippen LogP contribution in [0.4, 0.5) is 17.6 Å². The Kier molecular flexibility index (Phi) is 2.51. The van der Waals surface area contributed by atoms with Crippen molar-refractivity contribution in [1.29, 1.82) is 0 Å². The van der Waals surface area contributed by atoms with Gasteiger partial charge in [0.1, 0.15) is 11.2 Å². The summed E-state index contributed by atoms with van der Waals surface area (Å²) < 4.78 is 57.6. The zero-order chi connectivity index (χ0) is 17.5. The van der Waals surface area contributed by atoms with E-state index in [0.29, 0.717) is 10.8 Å². The Balaban J connectivity index is 2.25. The van der Waals surface area contributed by atoms with E-state index in [4.69, 9.17) is 0 Å². The third-order valence-electron chi connectivity index (χ3n) is 4.43. The van der Waals surface area contributed by atoms with Gasteiger partial charge in [-0.1, -0.05) is 24.3 Å². The van der Waals surface area contributed by atoms with Gasteiger partial charge in [0.15, 0.2) is 17.5 Å². The van der Waals surface area contributed by atoms with Gasteiger partial charge in [-0.15, -0.1) is 0 Å². The van der Waals surface area contributed by atoms with Crippen LogP contribution in [-0.2, 0) is 0 Å². The van der Waals surface area contributed by atoms with E-state index in [2.05, 4.69) is 4.98 Å². The summed E-state index contributed by atoms with van der Waals surface area (Å²) >= 11 is 0. The normalized spacial score (nSPS) is 12.2. The van der Waals surface area contributed by atoms with Crippen LogP contribution in [0.5, 0.6) is 0 Å². The molecule has 0 atom stereocenters. The molecule has 0 saturated heterocycles. The van der Waals surface area contributed by atoms with E-state index < -0.39 is 34.1 Å². The van der Waals surface area contributed by atoms with Gasteiger partial charge in [0.2, 0.25) is 11.2 Å². The first-order valence-electron chi connectivity index (χ1n) is 7.31. The van der Waals surface area contributed by atoms with Crippen molar-refractivity contribution in [3.05, 3.63) is 70.0 Å². The smallest absolute Gasteiger partial charge is 0.241 e. The summed E-state index contributed by atoms with van der Waals surface area (Å²) in [5, 5.41) is 0.201. The van der Waals surface area contributed by atoms with Gasteiger partial charge in [-0.3, -0.25) is 9.20 Å². The first-order valence-corrected chi connectivity index (χ1v) is 7.31. The van der Waals surface area contributed by atoms with E-state index in [1.165, 1.54) is 10.6 Å². The second kappa shape index (κ2) is 4.44. The summed E-state index contributed by atoms with van der Waals surface area (Å²) in [6, 6.07) is 7.78. The number of nitrogens with zero attached hydrogens (tertiary/aromatic N) is 2. The third-order valence-corrected chi connectivity index (χ3v) is 4.43. The molecule has 0 fully saturated rings. The lowest BCUT2D eigenvalue weighted by Gasteiger charge is -2.10. The first kappa shape index (κ1) is 14.2. The zero-order valence-corrected chi connectivity index (χ0v) is 12.3. The van der Waals surface area contributed by atoms with E-state index in [1.54, 1.807) is 24.3 Å². The SMILES string of the molecule is O=c1c(F)c(F)c2c(F)c(F)cc3nc4c5ccccc5cn4c1c32. The quantitative estimate of drug-likeness (QED) is 0.396. The molecule has 0 aliphatic rings. The molecule has 0 radical (unpaired) electrons. The molecule has 0 N–H and O–H groups in total. The van der Waals surface area contributed by atoms with Crippen LogP contribution in [0.2, 0.25) is 0 Å². The Morgan fingerprint density at radius 2 is 1.68 bits per heavy atom. The van der Waals surface area contributed by atoms with Gasteiger partial charge in [0, 0.05) is 28.4 Å². The van der Waals surface area contributed by atoms with E-state index in [9.17, 15) is 22.4 Å². The van der Waals surface area contributed by atoms with Gasteiger partial charge in [-0.2, -0.15) is 4.39 Å². The predicted octanol–water partition coefficient (Wildman–Crippen LogP) is 4.15. The van der Waals surface area contributed by atoms with Crippen LogP contribution in [0.3, 0.4) is 0 Å². The van der Waals surface area contributed by atoms with Crippen LogP contribution >= 0.6 is 0 Å². The second-order valence-corrected chi connectivity index (χ2v) is 5.77. The lowest BCUT2D eigenvalue weighted by molar-refractivity contribution is 0.491. The Labute approximate surface area is 136 Å². The standard InChI is InChI=1S/C18H6F4N2O/c19-9-5-10-11-12(13(9)20)14(21)15(22)17(25)16(11)24-6-7-3-1-2-4-8(7)18(24)23-10/h1-6H. The Morgan fingerprint density at radius 3 is 2.48 bits per heavy atom.